The third-order valence-electron chi connectivity index (χ3n) is 3.48. The molecule has 0 saturated carbocycles. The molecule has 1 atom stereocenters. The Morgan fingerprint density at radius 3 is 2.52 bits per heavy atom. The number of hydrogen-bond donors (Lipinski definition) is 1. The monoisotopic (exact) mass is 350 g/mol. The van der Waals surface area contributed by atoms with E-state index in [0.29, 0.717) is 6.07 Å². The lowest BCUT2D eigenvalue weighted by atomic mass is 9.88. The number of imide groups is 1. The maximum atomic E-state index is 13.1. The van der Waals surface area contributed by atoms with Crippen molar-refractivity contribution >= 4 is 29.1 Å². The van der Waals surface area contributed by atoms with Crippen LogP contribution < -0.4 is 5.32 Å². The number of alkyl halides is 4. The second kappa shape index (κ2) is 5.80. The van der Waals surface area contributed by atoms with Gasteiger partial charge in [0.1, 0.15) is 4.87 Å². The molecule has 2 amide bonds. The minimum atomic E-state index is -4.75. The van der Waals surface area contributed by atoms with Crippen LogP contribution in [0.5, 0.6) is 0 Å². The van der Waals surface area contributed by atoms with Gasteiger partial charge in [-0.15, -0.1) is 11.6 Å². The summed E-state index contributed by atoms with van der Waals surface area (Å²) in [5.41, 5.74) is -2.11. The summed E-state index contributed by atoms with van der Waals surface area (Å²) in [5, 5.41) is 12.7. The molecule has 10 heteroatoms. The fourth-order valence-corrected chi connectivity index (χ4v) is 2.60. The summed E-state index contributed by atoms with van der Waals surface area (Å²) in [6.07, 6.45) is -5.60. The number of piperidine rings is 1. The minimum absolute atomic E-state index is 0.120. The van der Waals surface area contributed by atoms with E-state index in [1.807, 2.05) is 5.32 Å². The average Bonchev–Trinajstić information content (AvgIpc) is 2.42. The van der Waals surface area contributed by atoms with Gasteiger partial charge in [-0.2, -0.15) is 13.2 Å². The van der Waals surface area contributed by atoms with Crippen LogP contribution in [0.15, 0.2) is 18.2 Å². The smallest absolute Gasteiger partial charge is 0.295 e. The Labute approximate surface area is 132 Å². The number of nitro benzene ring substituents is 1. The molecule has 1 unspecified atom stereocenters. The van der Waals surface area contributed by atoms with Crippen molar-refractivity contribution in [3.05, 3.63) is 39.4 Å². The number of non-ortho nitro benzene ring substituents is 1. The zero-order valence-electron chi connectivity index (χ0n) is 11.4. The molecule has 0 spiro atoms. The van der Waals surface area contributed by atoms with E-state index in [-0.39, 0.29) is 12.8 Å². The molecule has 1 aliphatic heterocycles. The number of carbonyl (C=O) groups is 2. The Morgan fingerprint density at radius 2 is 2.00 bits per heavy atom. The largest absolute Gasteiger partial charge is 0.416 e. The summed E-state index contributed by atoms with van der Waals surface area (Å²) in [4.78, 5) is 31.1. The van der Waals surface area contributed by atoms with E-state index in [4.69, 9.17) is 11.6 Å². The van der Waals surface area contributed by atoms with Gasteiger partial charge in [-0.3, -0.25) is 25.0 Å². The number of benzene rings is 1. The van der Waals surface area contributed by atoms with E-state index in [2.05, 4.69) is 0 Å². The number of rotatable bonds is 3. The number of nitrogens with zero attached hydrogens (tertiary/aromatic N) is 1. The molecule has 6 nitrogen and oxygen atoms in total. The van der Waals surface area contributed by atoms with Crippen molar-refractivity contribution in [1.82, 2.24) is 5.32 Å². The number of halogens is 4. The summed E-state index contributed by atoms with van der Waals surface area (Å²) in [6.45, 7) is 0. The van der Waals surface area contributed by atoms with Crippen molar-refractivity contribution in [3.8, 4) is 0 Å². The van der Waals surface area contributed by atoms with Crippen molar-refractivity contribution in [3.63, 3.8) is 0 Å². The molecule has 124 valence electrons. The number of hydrogen-bond acceptors (Lipinski definition) is 4. The van der Waals surface area contributed by atoms with Gasteiger partial charge in [-0.25, -0.2) is 0 Å². The molecule has 0 bridgehead atoms. The van der Waals surface area contributed by atoms with Gasteiger partial charge in [0.15, 0.2) is 0 Å². The molecule has 23 heavy (non-hydrogen) atoms. The lowest BCUT2D eigenvalue weighted by Gasteiger charge is -2.30. The van der Waals surface area contributed by atoms with Crippen LogP contribution in [0.2, 0.25) is 0 Å². The Bertz CT molecular complexity index is 692. The van der Waals surface area contributed by atoms with Crippen LogP contribution in [0.25, 0.3) is 0 Å². The number of nitro groups is 1. The third-order valence-corrected chi connectivity index (χ3v) is 3.98. The number of carbonyl (C=O) groups excluding carboxylic acids is 2. The van der Waals surface area contributed by atoms with Crippen molar-refractivity contribution in [2.24, 2.45) is 0 Å². The van der Waals surface area contributed by atoms with E-state index in [1.54, 1.807) is 0 Å². The van der Waals surface area contributed by atoms with Crippen molar-refractivity contribution in [2.75, 3.05) is 0 Å². The number of amides is 2. The van der Waals surface area contributed by atoms with Crippen molar-refractivity contribution in [1.29, 1.82) is 0 Å². The predicted octanol–water partition coefficient (Wildman–Crippen LogP) is 2.57. The second-order valence-corrected chi connectivity index (χ2v) is 5.84. The lowest BCUT2D eigenvalue weighted by molar-refractivity contribution is -0.385. The molecule has 2 rings (SSSR count). The minimum Gasteiger partial charge on any atom is -0.295 e. The zero-order valence-corrected chi connectivity index (χ0v) is 12.2. The molecular weight excluding hydrogens is 341 g/mol. The predicted molar refractivity (Wildman–Crippen MR) is 72.8 cm³/mol. The summed E-state index contributed by atoms with van der Waals surface area (Å²) < 4.78 is 39.2. The quantitative estimate of drug-likeness (QED) is 0.392. The van der Waals surface area contributed by atoms with Gasteiger partial charge >= 0.3 is 6.18 Å². The van der Waals surface area contributed by atoms with Gasteiger partial charge in [-0.05, 0) is 18.1 Å². The van der Waals surface area contributed by atoms with E-state index >= 15 is 0 Å². The van der Waals surface area contributed by atoms with E-state index in [0.717, 1.165) is 12.1 Å². The molecule has 1 saturated heterocycles. The molecule has 0 radical (unpaired) electrons. The molecule has 1 aromatic carbocycles. The first kappa shape index (κ1) is 17.2. The average molecular weight is 351 g/mol. The van der Waals surface area contributed by atoms with Crippen molar-refractivity contribution < 1.29 is 27.7 Å². The van der Waals surface area contributed by atoms with Crippen molar-refractivity contribution in [2.45, 2.75) is 30.3 Å². The molecule has 1 aliphatic rings. The first-order valence-corrected chi connectivity index (χ1v) is 6.78. The Morgan fingerprint density at radius 1 is 1.35 bits per heavy atom. The van der Waals surface area contributed by atoms with Gasteiger partial charge < -0.3 is 0 Å². The second-order valence-electron chi connectivity index (χ2n) is 5.12. The first-order valence-electron chi connectivity index (χ1n) is 6.41. The highest BCUT2D eigenvalue weighted by molar-refractivity contribution is 6.36. The van der Waals surface area contributed by atoms with Gasteiger partial charge in [0.25, 0.3) is 5.69 Å². The van der Waals surface area contributed by atoms with E-state index in [1.165, 1.54) is 0 Å². The molecule has 1 aromatic rings. The fourth-order valence-electron chi connectivity index (χ4n) is 2.31. The van der Waals surface area contributed by atoms with Crippen LogP contribution in [-0.2, 0) is 22.2 Å². The Balaban J connectivity index is 2.44. The highest BCUT2D eigenvalue weighted by atomic mass is 35.5. The molecule has 1 fully saturated rings. The Kier molecular flexibility index (Phi) is 4.34. The topological polar surface area (TPSA) is 89.3 Å². The maximum absolute atomic E-state index is 13.1. The summed E-state index contributed by atoms with van der Waals surface area (Å²) in [6, 6.07) is 2.06. The molecule has 0 aliphatic carbocycles. The molecular formula is C13H10ClF3N2O4. The first-order chi connectivity index (χ1) is 10.5. The van der Waals surface area contributed by atoms with Gasteiger partial charge in [-0.1, -0.05) is 0 Å². The van der Waals surface area contributed by atoms with E-state index in [9.17, 15) is 32.9 Å². The van der Waals surface area contributed by atoms with Crippen LogP contribution in [0.4, 0.5) is 18.9 Å². The molecule has 0 aromatic heterocycles. The maximum Gasteiger partial charge on any atom is 0.416 e. The summed E-state index contributed by atoms with van der Waals surface area (Å²) in [7, 11) is 0. The molecule has 1 heterocycles. The zero-order chi connectivity index (χ0) is 17.4. The van der Waals surface area contributed by atoms with E-state index < -0.39 is 51.0 Å². The van der Waals surface area contributed by atoms with Crippen LogP contribution in [-0.4, -0.2) is 21.6 Å². The highest BCUT2D eigenvalue weighted by Crippen LogP contribution is 2.38. The van der Waals surface area contributed by atoms with Crippen LogP contribution in [0.3, 0.4) is 0 Å². The summed E-state index contributed by atoms with van der Waals surface area (Å²) in [5.74, 6) is -1.48. The summed E-state index contributed by atoms with van der Waals surface area (Å²) >= 11 is 6.08. The van der Waals surface area contributed by atoms with Gasteiger partial charge in [0.05, 0.1) is 10.5 Å². The highest BCUT2D eigenvalue weighted by Gasteiger charge is 2.44. The SMILES string of the molecule is O=C1CCC(Cl)(Cc2cc([N+](=O)[O-])ccc2C(F)(F)F)C(=O)N1. The van der Waals surface area contributed by atoms with Crippen LogP contribution >= 0.6 is 11.6 Å². The standard InChI is InChI=1S/C13H10ClF3N2O4/c14-12(4-3-10(20)18-11(12)21)6-7-5-8(19(22)23)1-2-9(7)13(15,16)17/h1-2,5H,3-4,6H2,(H,18,20,21). The normalized spacial score (nSPS) is 21.9. The molecule has 1 N–H and O–H groups in total. The Hall–Kier alpha value is -2.16. The number of nitrogens with one attached hydrogen (secondary N) is 1. The lowest BCUT2D eigenvalue weighted by Crippen LogP contribution is -2.51. The van der Waals surface area contributed by atoms with Gasteiger partial charge in [0, 0.05) is 25.0 Å². The fraction of sp³-hybridized carbons (Fsp3) is 0.385. The van der Waals surface area contributed by atoms with Gasteiger partial charge in [0.2, 0.25) is 11.8 Å². The van der Waals surface area contributed by atoms with Crippen LogP contribution in [0.1, 0.15) is 24.0 Å². The third kappa shape index (κ3) is 3.61. The van der Waals surface area contributed by atoms with Crippen LogP contribution in [0, 0.1) is 10.1 Å².